The Morgan fingerprint density at radius 2 is 2.10 bits per heavy atom. The van der Waals surface area contributed by atoms with Crippen molar-refractivity contribution in [3.8, 4) is 0 Å². The molecule has 2 aliphatic rings. The van der Waals surface area contributed by atoms with Crippen molar-refractivity contribution in [2.75, 3.05) is 26.2 Å². The first kappa shape index (κ1) is 21.7. The SMILES string of the molecule is CCNC(=NCCc1cn2cccc(C)c2n1)NC1CCN(C(=O)C2CCCCC2)C1. The summed E-state index contributed by atoms with van der Waals surface area (Å²) in [5.74, 6) is 1.45. The molecule has 2 fully saturated rings. The number of amides is 1. The predicted octanol–water partition coefficient (Wildman–Crippen LogP) is 2.92. The van der Waals surface area contributed by atoms with Crippen LogP contribution in [0.5, 0.6) is 0 Å². The lowest BCUT2D eigenvalue weighted by Crippen LogP contribution is -2.45. The van der Waals surface area contributed by atoms with Gasteiger partial charge in [0.25, 0.3) is 0 Å². The van der Waals surface area contributed by atoms with Gasteiger partial charge < -0.3 is 19.9 Å². The van der Waals surface area contributed by atoms with E-state index in [1.807, 2.05) is 12.3 Å². The molecule has 1 saturated heterocycles. The molecular weight excluding hydrogens is 388 g/mol. The molecule has 0 bridgehead atoms. The maximum atomic E-state index is 12.8. The lowest BCUT2D eigenvalue weighted by molar-refractivity contribution is -0.135. The Hall–Kier alpha value is -2.57. The zero-order valence-electron chi connectivity index (χ0n) is 18.9. The van der Waals surface area contributed by atoms with Crippen molar-refractivity contribution in [3.05, 3.63) is 35.8 Å². The van der Waals surface area contributed by atoms with Crippen molar-refractivity contribution < 1.29 is 4.79 Å². The van der Waals surface area contributed by atoms with Crippen LogP contribution in [0.15, 0.2) is 29.5 Å². The second-order valence-electron chi connectivity index (χ2n) is 8.91. The number of rotatable bonds is 6. The highest BCUT2D eigenvalue weighted by atomic mass is 16.2. The molecule has 1 aliphatic heterocycles. The van der Waals surface area contributed by atoms with Crippen LogP contribution < -0.4 is 10.6 Å². The van der Waals surface area contributed by atoms with Crippen LogP contribution in [0.1, 0.15) is 56.7 Å². The van der Waals surface area contributed by atoms with Crippen LogP contribution in [-0.4, -0.2) is 58.4 Å². The first-order chi connectivity index (χ1) is 15.1. The number of guanidine groups is 1. The number of aliphatic imine (C=N–C) groups is 1. The van der Waals surface area contributed by atoms with E-state index in [1.165, 1.54) is 24.8 Å². The van der Waals surface area contributed by atoms with E-state index >= 15 is 0 Å². The van der Waals surface area contributed by atoms with Crippen molar-refractivity contribution in [2.45, 2.75) is 64.8 Å². The van der Waals surface area contributed by atoms with Crippen molar-refractivity contribution >= 4 is 17.5 Å². The standard InChI is InChI=1S/C24H36N6O/c1-3-25-24(26-13-11-20-16-29-14-7-8-18(2)22(29)27-20)28-21-12-15-30(17-21)23(31)19-9-5-4-6-10-19/h7-8,14,16,19,21H,3-6,9-13,15,17H2,1-2H3,(H2,25,26,28). The van der Waals surface area contributed by atoms with Gasteiger partial charge in [0.05, 0.1) is 5.69 Å². The van der Waals surface area contributed by atoms with Crippen LogP contribution in [0.25, 0.3) is 5.65 Å². The van der Waals surface area contributed by atoms with Crippen molar-refractivity contribution in [1.29, 1.82) is 0 Å². The first-order valence-electron chi connectivity index (χ1n) is 11.9. The lowest BCUT2D eigenvalue weighted by Gasteiger charge is -2.26. The zero-order valence-corrected chi connectivity index (χ0v) is 18.9. The maximum Gasteiger partial charge on any atom is 0.225 e. The van der Waals surface area contributed by atoms with E-state index in [2.05, 4.69) is 46.0 Å². The number of carbonyl (C=O) groups excluding carboxylic acids is 1. The van der Waals surface area contributed by atoms with Crippen molar-refractivity contribution in [1.82, 2.24) is 24.9 Å². The van der Waals surface area contributed by atoms with Crippen LogP contribution in [0.4, 0.5) is 0 Å². The molecule has 0 radical (unpaired) electrons. The van der Waals surface area contributed by atoms with E-state index in [-0.39, 0.29) is 12.0 Å². The summed E-state index contributed by atoms with van der Waals surface area (Å²) >= 11 is 0. The Balaban J connectivity index is 1.30. The van der Waals surface area contributed by atoms with Crippen LogP contribution in [-0.2, 0) is 11.2 Å². The minimum absolute atomic E-state index is 0.253. The van der Waals surface area contributed by atoms with Crippen molar-refractivity contribution in [3.63, 3.8) is 0 Å². The highest BCUT2D eigenvalue weighted by molar-refractivity contribution is 5.81. The highest BCUT2D eigenvalue weighted by Gasteiger charge is 2.31. The van der Waals surface area contributed by atoms with Crippen LogP contribution in [0.2, 0.25) is 0 Å². The number of aromatic nitrogens is 2. The zero-order chi connectivity index (χ0) is 21.6. The summed E-state index contributed by atoms with van der Waals surface area (Å²) in [6, 6.07) is 4.40. The molecule has 1 atom stereocenters. The number of hydrogen-bond acceptors (Lipinski definition) is 3. The maximum absolute atomic E-state index is 12.8. The Bertz CT molecular complexity index is 914. The normalized spacial score (nSPS) is 20.4. The van der Waals surface area contributed by atoms with Gasteiger partial charge in [-0.05, 0) is 44.7 Å². The van der Waals surface area contributed by atoms with Gasteiger partial charge in [-0.2, -0.15) is 0 Å². The minimum Gasteiger partial charge on any atom is -0.357 e. The molecule has 0 spiro atoms. The molecule has 3 heterocycles. The number of aryl methyl sites for hydroxylation is 1. The third-order valence-electron chi connectivity index (χ3n) is 6.51. The fourth-order valence-corrected chi connectivity index (χ4v) is 4.81. The van der Waals surface area contributed by atoms with E-state index in [0.29, 0.717) is 12.5 Å². The van der Waals surface area contributed by atoms with Crippen LogP contribution in [0, 0.1) is 12.8 Å². The molecule has 7 nitrogen and oxygen atoms in total. The number of hydrogen-bond donors (Lipinski definition) is 2. The van der Waals surface area contributed by atoms with E-state index in [0.717, 1.165) is 62.6 Å². The number of nitrogens with zero attached hydrogens (tertiary/aromatic N) is 4. The molecule has 2 aromatic rings. The summed E-state index contributed by atoms with van der Waals surface area (Å²) in [5, 5.41) is 6.89. The van der Waals surface area contributed by atoms with Gasteiger partial charge in [0.2, 0.25) is 5.91 Å². The molecule has 2 aromatic heterocycles. The number of carbonyl (C=O) groups is 1. The van der Waals surface area contributed by atoms with Gasteiger partial charge in [-0.15, -0.1) is 0 Å². The molecule has 31 heavy (non-hydrogen) atoms. The Labute approximate surface area is 185 Å². The summed E-state index contributed by atoms with van der Waals surface area (Å²) in [5.41, 5.74) is 3.25. The first-order valence-corrected chi connectivity index (χ1v) is 11.9. The highest BCUT2D eigenvalue weighted by Crippen LogP contribution is 2.26. The fourth-order valence-electron chi connectivity index (χ4n) is 4.81. The second kappa shape index (κ2) is 10.2. The number of nitrogens with one attached hydrogen (secondary N) is 2. The Morgan fingerprint density at radius 3 is 2.87 bits per heavy atom. The van der Waals surface area contributed by atoms with Crippen LogP contribution >= 0.6 is 0 Å². The van der Waals surface area contributed by atoms with E-state index in [9.17, 15) is 4.79 Å². The summed E-state index contributed by atoms with van der Waals surface area (Å²) in [6.45, 7) is 7.29. The molecule has 4 rings (SSSR count). The van der Waals surface area contributed by atoms with Gasteiger partial charge in [-0.1, -0.05) is 25.3 Å². The summed E-state index contributed by atoms with van der Waals surface area (Å²) < 4.78 is 2.08. The fraction of sp³-hybridized carbons (Fsp3) is 0.625. The summed E-state index contributed by atoms with van der Waals surface area (Å²) in [6.07, 6.45) is 11.7. The Morgan fingerprint density at radius 1 is 1.26 bits per heavy atom. The molecule has 1 amide bonds. The molecule has 7 heteroatoms. The molecule has 168 valence electrons. The van der Waals surface area contributed by atoms with E-state index in [1.54, 1.807) is 0 Å². The number of imidazole rings is 1. The quantitative estimate of drug-likeness (QED) is 0.552. The lowest BCUT2D eigenvalue weighted by atomic mass is 9.88. The molecule has 2 N–H and O–H groups in total. The largest absolute Gasteiger partial charge is 0.357 e. The van der Waals surface area contributed by atoms with Gasteiger partial charge in [0.15, 0.2) is 5.96 Å². The van der Waals surface area contributed by atoms with Gasteiger partial charge in [0, 0.05) is 57.0 Å². The van der Waals surface area contributed by atoms with Gasteiger partial charge in [-0.3, -0.25) is 9.79 Å². The monoisotopic (exact) mass is 424 g/mol. The van der Waals surface area contributed by atoms with Crippen LogP contribution in [0.3, 0.4) is 0 Å². The third-order valence-corrected chi connectivity index (χ3v) is 6.51. The third kappa shape index (κ3) is 5.38. The molecule has 0 aromatic carbocycles. The van der Waals surface area contributed by atoms with Gasteiger partial charge in [0.1, 0.15) is 5.65 Å². The van der Waals surface area contributed by atoms with E-state index < -0.39 is 0 Å². The summed E-state index contributed by atoms with van der Waals surface area (Å²) in [7, 11) is 0. The second-order valence-corrected chi connectivity index (χ2v) is 8.91. The summed E-state index contributed by atoms with van der Waals surface area (Å²) in [4.78, 5) is 24.4. The number of fused-ring (bicyclic) bond motifs is 1. The smallest absolute Gasteiger partial charge is 0.225 e. The van der Waals surface area contributed by atoms with Gasteiger partial charge >= 0.3 is 0 Å². The predicted molar refractivity (Wildman–Crippen MR) is 124 cm³/mol. The van der Waals surface area contributed by atoms with Gasteiger partial charge in [-0.25, -0.2) is 4.98 Å². The topological polar surface area (TPSA) is 74.0 Å². The molecular formula is C24H36N6O. The van der Waals surface area contributed by atoms with E-state index in [4.69, 9.17) is 9.98 Å². The number of pyridine rings is 1. The molecule has 1 unspecified atom stereocenters. The van der Waals surface area contributed by atoms with Crippen molar-refractivity contribution in [2.24, 2.45) is 10.9 Å². The molecule has 1 aliphatic carbocycles. The average Bonchev–Trinajstić information content (AvgIpc) is 3.42. The number of likely N-dealkylation sites (tertiary alicyclic amines) is 1. The Kier molecular flexibility index (Phi) is 7.10. The minimum atomic E-state index is 0.253. The average molecular weight is 425 g/mol. The molecule has 1 saturated carbocycles.